The molecule has 5 heteroatoms. The lowest BCUT2D eigenvalue weighted by atomic mass is 10.0. The first-order valence-electron chi connectivity index (χ1n) is 18.3. The Labute approximate surface area is 316 Å². The van der Waals surface area contributed by atoms with Gasteiger partial charge in [-0.1, -0.05) is 109 Å². The fraction of sp³-hybridized carbons (Fsp3) is 0. The highest BCUT2D eigenvalue weighted by molar-refractivity contribution is 6.13. The van der Waals surface area contributed by atoms with E-state index in [4.69, 9.17) is 0 Å². The predicted octanol–water partition coefficient (Wildman–Crippen LogP) is 12.4. The quantitative estimate of drug-likeness (QED) is 0.184. The maximum Gasteiger partial charge on any atom is 0.101 e. The lowest BCUT2D eigenvalue weighted by Gasteiger charge is -2.13. The Kier molecular flexibility index (Phi) is 6.61. The van der Waals surface area contributed by atoms with E-state index in [9.17, 15) is 10.5 Å². The lowest BCUT2D eigenvalue weighted by Crippen LogP contribution is -1.99. The van der Waals surface area contributed by atoms with E-state index in [0.29, 0.717) is 11.1 Å². The molecule has 55 heavy (non-hydrogen) atoms. The van der Waals surface area contributed by atoms with E-state index in [2.05, 4.69) is 153 Å². The van der Waals surface area contributed by atoms with Crippen molar-refractivity contribution in [2.24, 2.45) is 0 Å². The molecule has 0 aliphatic rings. The number of nitriles is 2. The molecule has 3 aromatic heterocycles. The first kappa shape index (κ1) is 30.7. The molecule has 0 unspecified atom stereocenters. The Hall–Kier alpha value is -7.86. The smallest absolute Gasteiger partial charge is 0.101 e. The number of hydrogen-bond donors (Lipinski definition) is 0. The summed E-state index contributed by atoms with van der Waals surface area (Å²) in [6.45, 7) is 0. The molecule has 0 N–H and O–H groups in total. The van der Waals surface area contributed by atoms with Gasteiger partial charge in [0.05, 0.1) is 49.9 Å². The standard InChI is InChI=1S/C50H29N5/c51-30-34-10-9-15-43-41-14-4-8-19-48(41)55(50(34)43)44-27-22-33(28-35(44)31-52)32-20-23-36(24-21-32)53-45-16-5-3-13-40(45)42-26-25-37(29-49(42)53)54-46-17-6-1-11-38(46)39-12-2-7-18-47(39)54/h1-29H. The summed E-state index contributed by atoms with van der Waals surface area (Å²) in [5, 5.41) is 27.5. The molecule has 0 bridgehead atoms. The van der Waals surface area contributed by atoms with Crippen LogP contribution in [0.5, 0.6) is 0 Å². The van der Waals surface area contributed by atoms with Crippen LogP contribution in [-0.4, -0.2) is 13.7 Å². The summed E-state index contributed by atoms with van der Waals surface area (Å²) in [6.07, 6.45) is 0. The highest BCUT2D eigenvalue weighted by Crippen LogP contribution is 2.39. The molecule has 11 rings (SSSR count). The molecule has 8 aromatic carbocycles. The fourth-order valence-electron chi connectivity index (χ4n) is 8.74. The molecule has 0 spiro atoms. The zero-order valence-electron chi connectivity index (χ0n) is 29.5. The summed E-state index contributed by atoms with van der Waals surface area (Å²) in [4.78, 5) is 0. The van der Waals surface area contributed by atoms with E-state index in [1.54, 1.807) is 0 Å². The fourth-order valence-corrected chi connectivity index (χ4v) is 8.74. The van der Waals surface area contributed by atoms with Gasteiger partial charge in [-0.25, -0.2) is 0 Å². The van der Waals surface area contributed by atoms with E-state index in [1.165, 1.54) is 32.6 Å². The topological polar surface area (TPSA) is 62.4 Å². The van der Waals surface area contributed by atoms with Gasteiger partial charge in [-0.3, -0.25) is 0 Å². The minimum absolute atomic E-state index is 0.539. The summed E-state index contributed by atoms with van der Waals surface area (Å²) in [5.74, 6) is 0. The van der Waals surface area contributed by atoms with Crippen molar-refractivity contribution in [2.45, 2.75) is 0 Å². The van der Waals surface area contributed by atoms with Crippen LogP contribution in [0.2, 0.25) is 0 Å². The number of aromatic nitrogens is 3. The summed E-state index contributed by atoms with van der Waals surface area (Å²) < 4.78 is 6.78. The summed E-state index contributed by atoms with van der Waals surface area (Å²) in [7, 11) is 0. The van der Waals surface area contributed by atoms with E-state index in [1.807, 2.05) is 48.5 Å². The average Bonchev–Trinajstić information content (AvgIpc) is 3.89. The molecular weight excluding hydrogens is 671 g/mol. The van der Waals surface area contributed by atoms with Crippen molar-refractivity contribution >= 4 is 65.4 Å². The third-order valence-corrected chi connectivity index (χ3v) is 11.1. The molecule has 5 nitrogen and oxygen atoms in total. The highest BCUT2D eigenvalue weighted by Gasteiger charge is 2.19. The van der Waals surface area contributed by atoms with Crippen LogP contribution < -0.4 is 0 Å². The van der Waals surface area contributed by atoms with Crippen molar-refractivity contribution < 1.29 is 0 Å². The van der Waals surface area contributed by atoms with Gasteiger partial charge < -0.3 is 13.7 Å². The SMILES string of the molecule is N#Cc1cc(-c2ccc(-n3c4ccccc4c4ccc(-n5c6ccccc6c6ccccc65)cc43)cc2)ccc1-n1c2ccccc2c2cccc(C#N)c21. The van der Waals surface area contributed by atoms with Crippen molar-refractivity contribution in [2.75, 3.05) is 0 Å². The second-order valence-corrected chi connectivity index (χ2v) is 14.0. The maximum atomic E-state index is 10.5. The largest absolute Gasteiger partial charge is 0.309 e. The van der Waals surface area contributed by atoms with Crippen LogP contribution in [0.3, 0.4) is 0 Å². The van der Waals surface area contributed by atoms with Crippen molar-refractivity contribution in [3.8, 4) is 40.3 Å². The summed E-state index contributed by atoms with van der Waals surface area (Å²) >= 11 is 0. The van der Waals surface area contributed by atoms with Crippen LogP contribution in [0.1, 0.15) is 11.1 Å². The Morgan fingerprint density at radius 2 is 0.800 bits per heavy atom. The number of hydrogen-bond acceptors (Lipinski definition) is 2. The molecule has 0 aliphatic carbocycles. The molecular formula is C50H29N5. The van der Waals surface area contributed by atoms with Crippen LogP contribution in [0.25, 0.3) is 93.6 Å². The number of fused-ring (bicyclic) bond motifs is 9. The lowest BCUT2D eigenvalue weighted by molar-refractivity contribution is 1.15. The predicted molar refractivity (Wildman–Crippen MR) is 224 cm³/mol. The van der Waals surface area contributed by atoms with Gasteiger partial charge in [0.1, 0.15) is 12.1 Å². The molecule has 0 saturated heterocycles. The van der Waals surface area contributed by atoms with Gasteiger partial charge in [0.25, 0.3) is 0 Å². The third kappa shape index (κ3) is 4.45. The Morgan fingerprint density at radius 3 is 1.40 bits per heavy atom. The van der Waals surface area contributed by atoms with Crippen molar-refractivity contribution in [3.05, 3.63) is 187 Å². The molecule has 0 fully saturated rings. The molecule has 0 atom stereocenters. The van der Waals surface area contributed by atoms with Gasteiger partial charge in [0.2, 0.25) is 0 Å². The second-order valence-electron chi connectivity index (χ2n) is 14.0. The monoisotopic (exact) mass is 699 g/mol. The maximum absolute atomic E-state index is 10.5. The minimum Gasteiger partial charge on any atom is -0.309 e. The average molecular weight is 700 g/mol. The van der Waals surface area contributed by atoms with Crippen molar-refractivity contribution in [1.82, 2.24) is 13.7 Å². The molecule has 254 valence electrons. The summed E-state index contributed by atoms with van der Waals surface area (Å²) in [6, 6.07) is 66.0. The first-order valence-corrected chi connectivity index (χ1v) is 18.3. The van der Waals surface area contributed by atoms with Gasteiger partial charge in [0, 0.05) is 43.7 Å². The highest BCUT2D eigenvalue weighted by atomic mass is 15.0. The number of nitrogens with zero attached hydrogens (tertiary/aromatic N) is 5. The van der Waals surface area contributed by atoms with Gasteiger partial charge >= 0.3 is 0 Å². The van der Waals surface area contributed by atoms with E-state index >= 15 is 0 Å². The van der Waals surface area contributed by atoms with Crippen molar-refractivity contribution in [3.63, 3.8) is 0 Å². The Bertz CT molecular complexity index is 3400. The third-order valence-electron chi connectivity index (χ3n) is 11.1. The minimum atomic E-state index is 0.539. The second kappa shape index (κ2) is 11.8. The number of benzene rings is 8. The van der Waals surface area contributed by atoms with Gasteiger partial charge in [-0.15, -0.1) is 0 Å². The molecule has 11 aromatic rings. The molecule has 0 amide bonds. The van der Waals surface area contributed by atoms with Crippen LogP contribution in [0, 0.1) is 22.7 Å². The van der Waals surface area contributed by atoms with Crippen LogP contribution in [-0.2, 0) is 0 Å². The van der Waals surface area contributed by atoms with Crippen LogP contribution in [0.15, 0.2) is 176 Å². The molecule has 3 heterocycles. The molecule has 0 saturated carbocycles. The summed E-state index contributed by atoms with van der Waals surface area (Å²) in [5.41, 5.74) is 12.4. The Morgan fingerprint density at radius 1 is 0.327 bits per heavy atom. The van der Waals surface area contributed by atoms with Crippen molar-refractivity contribution in [1.29, 1.82) is 10.5 Å². The number of para-hydroxylation sites is 5. The van der Waals surface area contributed by atoms with E-state index < -0.39 is 0 Å². The molecule has 0 aliphatic heterocycles. The van der Waals surface area contributed by atoms with Gasteiger partial charge in [-0.2, -0.15) is 10.5 Å². The zero-order chi connectivity index (χ0) is 36.6. The van der Waals surface area contributed by atoms with Gasteiger partial charge in [0.15, 0.2) is 0 Å². The number of rotatable bonds is 4. The van der Waals surface area contributed by atoms with Gasteiger partial charge in [-0.05, 0) is 77.9 Å². The van der Waals surface area contributed by atoms with E-state index in [0.717, 1.165) is 61.0 Å². The molecule has 0 radical (unpaired) electrons. The Balaban J connectivity index is 1.04. The van der Waals surface area contributed by atoms with Crippen LogP contribution in [0.4, 0.5) is 0 Å². The van der Waals surface area contributed by atoms with Crippen LogP contribution >= 0.6 is 0 Å². The first-order chi connectivity index (χ1) is 27.2. The normalized spacial score (nSPS) is 11.6. The zero-order valence-corrected chi connectivity index (χ0v) is 29.5. The van der Waals surface area contributed by atoms with E-state index in [-0.39, 0.29) is 0 Å².